The molecule has 0 amide bonds. The third kappa shape index (κ3) is 4.78. The van der Waals surface area contributed by atoms with Gasteiger partial charge in [-0.25, -0.2) is 0 Å². The second-order valence-electron chi connectivity index (χ2n) is 9.76. The lowest BCUT2D eigenvalue weighted by molar-refractivity contribution is 0.00805. The minimum Gasteiger partial charge on any atom is -0.300 e. The SMILES string of the molecule is Ic1cccc(CN2CCCC3CCC(N4CCC(c5ccccc5)CC4)CC32)c1. The highest BCUT2D eigenvalue weighted by atomic mass is 127. The standard InChI is InChI=1S/C27H35IN2/c28-25-10-4-6-21(18-25)20-30-15-5-9-24-11-12-26(19-27(24)30)29-16-13-23(14-17-29)22-7-2-1-3-8-22/h1-4,6-8,10,18,23-24,26-27H,5,9,11-17,19-20H2. The van der Waals surface area contributed by atoms with E-state index in [0.29, 0.717) is 0 Å². The molecule has 30 heavy (non-hydrogen) atoms. The molecular formula is C27H35IN2. The first kappa shape index (κ1) is 21.0. The summed E-state index contributed by atoms with van der Waals surface area (Å²) in [5.41, 5.74) is 3.05. The van der Waals surface area contributed by atoms with Gasteiger partial charge in [0.05, 0.1) is 0 Å². The lowest BCUT2D eigenvalue weighted by Crippen LogP contribution is -2.53. The molecule has 2 heterocycles. The first-order valence-electron chi connectivity index (χ1n) is 12.0. The van der Waals surface area contributed by atoms with E-state index in [4.69, 9.17) is 0 Å². The second-order valence-corrected chi connectivity index (χ2v) is 11.0. The highest BCUT2D eigenvalue weighted by molar-refractivity contribution is 14.1. The smallest absolute Gasteiger partial charge is 0.0237 e. The summed E-state index contributed by atoms with van der Waals surface area (Å²) in [6.07, 6.45) is 9.77. The average Bonchev–Trinajstić information content (AvgIpc) is 2.80. The molecule has 0 bridgehead atoms. The third-order valence-electron chi connectivity index (χ3n) is 8.01. The van der Waals surface area contributed by atoms with E-state index in [1.165, 1.54) is 73.7 Å². The van der Waals surface area contributed by atoms with E-state index in [2.05, 4.69) is 87.0 Å². The Morgan fingerprint density at radius 1 is 0.833 bits per heavy atom. The molecular weight excluding hydrogens is 479 g/mol. The van der Waals surface area contributed by atoms with Crippen LogP contribution in [0.5, 0.6) is 0 Å². The number of rotatable bonds is 4. The van der Waals surface area contributed by atoms with E-state index in [1.807, 2.05) is 0 Å². The zero-order valence-electron chi connectivity index (χ0n) is 18.1. The maximum atomic E-state index is 2.86. The lowest BCUT2D eigenvalue weighted by atomic mass is 9.75. The van der Waals surface area contributed by atoms with Gasteiger partial charge in [-0.05, 0) is 122 Å². The Morgan fingerprint density at radius 3 is 2.47 bits per heavy atom. The fourth-order valence-corrected chi connectivity index (χ4v) is 7.02. The van der Waals surface area contributed by atoms with Gasteiger partial charge in [0.1, 0.15) is 0 Å². The van der Waals surface area contributed by atoms with Gasteiger partial charge in [0.25, 0.3) is 0 Å². The zero-order valence-corrected chi connectivity index (χ0v) is 20.2. The van der Waals surface area contributed by atoms with Crippen LogP contribution in [0.15, 0.2) is 54.6 Å². The molecule has 2 saturated heterocycles. The van der Waals surface area contributed by atoms with E-state index in [9.17, 15) is 0 Å². The number of nitrogens with zero attached hydrogens (tertiary/aromatic N) is 2. The highest BCUT2D eigenvalue weighted by Gasteiger charge is 2.39. The van der Waals surface area contributed by atoms with E-state index in [1.54, 1.807) is 5.56 Å². The Labute approximate surface area is 196 Å². The Kier molecular flexibility index (Phi) is 6.78. The van der Waals surface area contributed by atoms with Crippen LogP contribution in [0, 0.1) is 9.49 Å². The monoisotopic (exact) mass is 514 g/mol. The van der Waals surface area contributed by atoms with Crippen LogP contribution in [0.4, 0.5) is 0 Å². The minimum atomic E-state index is 0.769. The van der Waals surface area contributed by atoms with E-state index < -0.39 is 0 Å². The summed E-state index contributed by atoms with van der Waals surface area (Å²) in [7, 11) is 0. The van der Waals surface area contributed by atoms with Crippen LogP contribution in [-0.4, -0.2) is 41.5 Å². The van der Waals surface area contributed by atoms with Gasteiger partial charge in [0.15, 0.2) is 0 Å². The quantitative estimate of drug-likeness (QED) is 0.442. The molecule has 1 saturated carbocycles. The Balaban J connectivity index is 1.21. The minimum absolute atomic E-state index is 0.769. The molecule has 0 aromatic heterocycles. The topological polar surface area (TPSA) is 6.48 Å². The molecule has 2 aliphatic heterocycles. The molecule has 5 rings (SSSR count). The largest absolute Gasteiger partial charge is 0.300 e. The third-order valence-corrected chi connectivity index (χ3v) is 8.68. The summed E-state index contributed by atoms with van der Waals surface area (Å²) in [5.74, 6) is 1.70. The van der Waals surface area contributed by atoms with Crippen molar-refractivity contribution in [1.29, 1.82) is 0 Å². The lowest BCUT2D eigenvalue weighted by Gasteiger charge is -2.49. The number of halogens is 1. The van der Waals surface area contributed by atoms with Gasteiger partial charge in [0.2, 0.25) is 0 Å². The molecule has 3 unspecified atom stereocenters. The van der Waals surface area contributed by atoms with Crippen LogP contribution in [0.25, 0.3) is 0 Å². The number of hydrogen-bond acceptors (Lipinski definition) is 2. The molecule has 3 atom stereocenters. The number of fused-ring (bicyclic) bond motifs is 1. The molecule has 0 N–H and O–H groups in total. The van der Waals surface area contributed by atoms with Crippen molar-refractivity contribution in [3.8, 4) is 0 Å². The predicted octanol–water partition coefficient (Wildman–Crippen LogP) is 6.30. The molecule has 1 aliphatic carbocycles. The molecule has 0 radical (unpaired) electrons. The van der Waals surface area contributed by atoms with Crippen molar-refractivity contribution < 1.29 is 0 Å². The van der Waals surface area contributed by atoms with Crippen molar-refractivity contribution in [3.05, 3.63) is 69.3 Å². The van der Waals surface area contributed by atoms with E-state index in [0.717, 1.165) is 30.5 Å². The van der Waals surface area contributed by atoms with Crippen LogP contribution in [-0.2, 0) is 6.54 Å². The van der Waals surface area contributed by atoms with Crippen molar-refractivity contribution in [2.24, 2.45) is 5.92 Å². The summed E-state index contributed by atoms with van der Waals surface area (Å²) in [5, 5.41) is 0. The predicted molar refractivity (Wildman–Crippen MR) is 134 cm³/mol. The van der Waals surface area contributed by atoms with Gasteiger partial charge < -0.3 is 4.90 Å². The van der Waals surface area contributed by atoms with Gasteiger partial charge in [0, 0.05) is 22.2 Å². The van der Waals surface area contributed by atoms with Crippen LogP contribution in [0.3, 0.4) is 0 Å². The van der Waals surface area contributed by atoms with Crippen molar-refractivity contribution in [3.63, 3.8) is 0 Å². The van der Waals surface area contributed by atoms with Gasteiger partial charge in [-0.2, -0.15) is 0 Å². The Hall–Kier alpha value is -0.910. The van der Waals surface area contributed by atoms with E-state index in [-0.39, 0.29) is 0 Å². The van der Waals surface area contributed by atoms with Crippen LogP contribution >= 0.6 is 22.6 Å². The summed E-state index contributed by atoms with van der Waals surface area (Å²) in [4.78, 5) is 5.69. The first-order valence-corrected chi connectivity index (χ1v) is 13.1. The van der Waals surface area contributed by atoms with Gasteiger partial charge in [-0.1, -0.05) is 42.5 Å². The fourth-order valence-electron chi connectivity index (χ4n) is 6.42. The van der Waals surface area contributed by atoms with Gasteiger partial charge in [-0.3, -0.25) is 4.90 Å². The van der Waals surface area contributed by atoms with Crippen LogP contribution in [0.2, 0.25) is 0 Å². The molecule has 3 aliphatic rings. The van der Waals surface area contributed by atoms with Gasteiger partial charge >= 0.3 is 0 Å². The number of hydrogen-bond donors (Lipinski definition) is 0. The Bertz CT molecular complexity index is 815. The molecule has 3 heteroatoms. The molecule has 2 aromatic carbocycles. The summed E-state index contributed by atoms with van der Waals surface area (Å²) in [6.45, 7) is 5.01. The number of piperidine rings is 2. The maximum absolute atomic E-state index is 2.86. The van der Waals surface area contributed by atoms with Crippen molar-refractivity contribution >= 4 is 22.6 Å². The van der Waals surface area contributed by atoms with Crippen molar-refractivity contribution in [1.82, 2.24) is 9.80 Å². The zero-order chi connectivity index (χ0) is 20.3. The average molecular weight is 514 g/mol. The van der Waals surface area contributed by atoms with Crippen molar-refractivity contribution in [2.75, 3.05) is 19.6 Å². The summed E-state index contributed by atoms with van der Waals surface area (Å²) < 4.78 is 1.36. The van der Waals surface area contributed by atoms with Crippen molar-refractivity contribution in [2.45, 2.75) is 69.5 Å². The molecule has 160 valence electrons. The molecule has 0 spiro atoms. The summed E-state index contributed by atoms with van der Waals surface area (Å²) >= 11 is 2.45. The number of likely N-dealkylation sites (tertiary alicyclic amines) is 2. The number of benzene rings is 2. The van der Waals surface area contributed by atoms with E-state index >= 15 is 0 Å². The van der Waals surface area contributed by atoms with Gasteiger partial charge in [-0.15, -0.1) is 0 Å². The normalized spacial score (nSPS) is 28.9. The second kappa shape index (κ2) is 9.70. The molecule has 2 nitrogen and oxygen atoms in total. The van der Waals surface area contributed by atoms with Crippen LogP contribution < -0.4 is 0 Å². The molecule has 3 fully saturated rings. The molecule has 2 aromatic rings. The van der Waals surface area contributed by atoms with Crippen LogP contribution in [0.1, 0.15) is 62.0 Å². The summed E-state index contributed by atoms with van der Waals surface area (Å²) in [6, 6.07) is 21.9. The maximum Gasteiger partial charge on any atom is 0.0237 e. The first-order chi connectivity index (χ1) is 14.8. The highest BCUT2D eigenvalue weighted by Crippen LogP contribution is 2.39. The fraction of sp³-hybridized carbons (Fsp3) is 0.556. The Morgan fingerprint density at radius 2 is 1.67 bits per heavy atom.